The van der Waals surface area contributed by atoms with E-state index in [0.717, 1.165) is 32.1 Å². The summed E-state index contributed by atoms with van der Waals surface area (Å²) in [6.07, 6.45) is 0. The Morgan fingerprint density at radius 1 is 1.37 bits per heavy atom. The molecule has 2 fully saturated rings. The summed E-state index contributed by atoms with van der Waals surface area (Å²) in [7, 11) is 0. The molecule has 0 radical (unpaired) electrons. The van der Waals surface area contributed by atoms with Gasteiger partial charge in [0.1, 0.15) is 5.69 Å². The van der Waals surface area contributed by atoms with Crippen LogP contribution in [-0.2, 0) is 0 Å². The molecule has 0 spiro atoms. The molecule has 1 amide bonds. The average Bonchev–Trinajstić information content (AvgIpc) is 3.00. The Bertz CT molecular complexity index is 432. The minimum atomic E-state index is 0.117. The summed E-state index contributed by atoms with van der Waals surface area (Å²) in [6.45, 7) is 9.87. The lowest BCUT2D eigenvalue weighted by molar-refractivity contribution is 0.0768. The number of hydrogen-bond donors (Lipinski definition) is 0. The van der Waals surface area contributed by atoms with Crippen LogP contribution in [0.3, 0.4) is 0 Å². The van der Waals surface area contributed by atoms with Crippen LogP contribution in [0.1, 0.15) is 24.3 Å². The highest BCUT2D eigenvalue weighted by molar-refractivity contribution is 7.07. The molecular weight excluding hydrogens is 258 g/mol. The number of hydrogen-bond acceptors (Lipinski definition) is 4. The fourth-order valence-corrected chi connectivity index (χ4v) is 3.93. The number of aromatic nitrogens is 1. The topological polar surface area (TPSA) is 36.4 Å². The standard InChI is InChI=1S/C14H21N3OS/c1-10(2)3-16-4-11-6-17(7-12(11)5-16)14(18)13-8-19-9-15-13/h8-12H,3-7H2,1-2H3/t11-,12-/m0/s1. The van der Waals surface area contributed by atoms with Gasteiger partial charge in [0.2, 0.25) is 0 Å². The van der Waals surface area contributed by atoms with Crippen LogP contribution in [0.5, 0.6) is 0 Å². The minimum absolute atomic E-state index is 0.117. The van der Waals surface area contributed by atoms with E-state index in [4.69, 9.17) is 0 Å². The third-order valence-corrected chi connectivity index (χ3v) is 4.71. The molecule has 1 aromatic rings. The van der Waals surface area contributed by atoms with Crippen molar-refractivity contribution in [3.8, 4) is 0 Å². The van der Waals surface area contributed by atoms with Crippen molar-refractivity contribution in [3.63, 3.8) is 0 Å². The summed E-state index contributed by atoms with van der Waals surface area (Å²) in [4.78, 5) is 20.9. The van der Waals surface area contributed by atoms with Gasteiger partial charge >= 0.3 is 0 Å². The molecule has 4 nitrogen and oxygen atoms in total. The first-order valence-electron chi connectivity index (χ1n) is 7.03. The molecule has 3 heterocycles. The fourth-order valence-electron chi connectivity index (χ4n) is 3.40. The van der Waals surface area contributed by atoms with Crippen LogP contribution in [0, 0.1) is 17.8 Å². The Kier molecular flexibility index (Phi) is 3.58. The van der Waals surface area contributed by atoms with E-state index in [1.807, 2.05) is 10.3 Å². The lowest BCUT2D eigenvalue weighted by Gasteiger charge is -2.22. The van der Waals surface area contributed by atoms with Crippen LogP contribution < -0.4 is 0 Å². The Labute approximate surface area is 118 Å². The summed E-state index contributed by atoms with van der Waals surface area (Å²) < 4.78 is 0. The Balaban J connectivity index is 1.58. The largest absolute Gasteiger partial charge is 0.337 e. The quantitative estimate of drug-likeness (QED) is 0.846. The first kappa shape index (κ1) is 13.1. The van der Waals surface area contributed by atoms with Gasteiger partial charge in [-0.1, -0.05) is 13.8 Å². The van der Waals surface area contributed by atoms with E-state index in [1.165, 1.54) is 17.9 Å². The smallest absolute Gasteiger partial charge is 0.273 e. The molecule has 2 aliphatic heterocycles. The fraction of sp³-hybridized carbons (Fsp3) is 0.714. The molecule has 0 N–H and O–H groups in total. The van der Waals surface area contributed by atoms with Gasteiger partial charge in [-0.25, -0.2) is 4.98 Å². The molecule has 19 heavy (non-hydrogen) atoms. The number of carbonyl (C=O) groups excluding carboxylic acids is 1. The molecule has 2 aliphatic rings. The molecule has 0 bridgehead atoms. The summed E-state index contributed by atoms with van der Waals surface area (Å²) in [5, 5.41) is 1.85. The third kappa shape index (κ3) is 2.67. The maximum absolute atomic E-state index is 12.3. The van der Waals surface area contributed by atoms with E-state index in [1.54, 1.807) is 5.51 Å². The predicted molar refractivity (Wildman–Crippen MR) is 76.3 cm³/mol. The normalized spacial score (nSPS) is 27.2. The molecule has 1 aromatic heterocycles. The summed E-state index contributed by atoms with van der Waals surface area (Å²) >= 11 is 1.49. The van der Waals surface area contributed by atoms with Gasteiger partial charge in [0.05, 0.1) is 5.51 Å². The van der Waals surface area contributed by atoms with Crippen molar-refractivity contribution in [1.82, 2.24) is 14.8 Å². The van der Waals surface area contributed by atoms with Crippen molar-refractivity contribution in [2.45, 2.75) is 13.8 Å². The van der Waals surface area contributed by atoms with Gasteiger partial charge in [-0.05, 0) is 17.8 Å². The van der Waals surface area contributed by atoms with Crippen LogP contribution in [0.4, 0.5) is 0 Å². The number of likely N-dealkylation sites (tertiary alicyclic amines) is 2. The predicted octanol–water partition coefficient (Wildman–Crippen LogP) is 1.80. The van der Waals surface area contributed by atoms with Crippen LogP contribution in [0.25, 0.3) is 0 Å². The zero-order valence-electron chi connectivity index (χ0n) is 11.6. The molecule has 0 aromatic carbocycles. The second kappa shape index (κ2) is 5.21. The van der Waals surface area contributed by atoms with Gasteiger partial charge in [0.25, 0.3) is 5.91 Å². The van der Waals surface area contributed by atoms with Crippen LogP contribution in [-0.4, -0.2) is 53.4 Å². The SMILES string of the molecule is CC(C)CN1C[C@H]2CN(C(=O)c3cscn3)C[C@@H]2C1. The summed E-state index contributed by atoms with van der Waals surface area (Å²) in [6, 6.07) is 0. The molecule has 0 aliphatic carbocycles. The van der Waals surface area contributed by atoms with Gasteiger partial charge in [-0.2, -0.15) is 0 Å². The maximum atomic E-state index is 12.3. The van der Waals surface area contributed by atoms with Gasteiger partial charge in [-0.15, -0.1) is 11.3 Å². The molecular formula is C14H21N3OS. The van der Waals surface area contributed by atoms with Crippen LogP contribution in [0.15, 0.2) is 10.9 Å². The Hall–Kier alpha value is -0.940. The molecule has 104 valence electrons. The van der Waals surface area contributed by atoms with Gasteiger partial charge in [-0.3, -0.25) is 4.79 Å². The number of thiazole rings is 1. The van der Waals surface area contributed by atoms with Crippen LogP contribution >= 0.6 is 11.3 Å². The first-order valence-corrected chi connectivity index (χ1v) is 7.97. The van der Waals surface area contributed by atoms with E-state index < -0.39 is 0 Å². The highest BCUT2D eigenvalue weighted by Gasteiger charge is 2.41. The molecule has 3 rings (SSSR count). The zero-order chi connectivity index (χ0) is 13.4. The van der Waals surface area contributed by atoms with Gasteiger partial charge in [0.15, 0.2) is 0 Å². The minimum Gasteiger partial charge on any atom is -0.337 e. The van der Waals surface area contributed by atoms with Crippen molar-refractivity contribution in [2.75, 3.05) is 32.7 Å². The Morgan fingerprint density at radius 2 is 2.05 bits per heavy atom. The molecule has 5 heteroatoms. The number of rotatable bonds is 3. The third-order valence-electron chi connectivity index (χ3n) is 4.12. The van der Waals surface area contributed by atoms with E-state index in [-0.39, 0.29) is 5.91 Å². The lowest BCUT2D eigenvalue weighted by Crippen LogP contribution is -2.34. The van der Waals surface area contributed by atoms with Crippen LogP contribution in [0.2, 0.25) is 0 Å². The van der Waals surface area contributed by atoms with Crippen molar-refractivity contribution >= 4 is 17.2 Å². The zero-order valence-corrected chi connectivity index (χ0v) is 12.4. The number of amides is 1. The average molecular weight is 279 g/mol. The molecule has 2 saturated heterocycles. The van der Waals surface area contributed by atoms with E-state index in [9.17, 15) is 4.79 Å². The highest BCUT2D eigenvalue weighted by atomic mass is 32.1. The van der Waals surface area contributed by atoms with Crippen molar-refractivity contribution in [2.24, 2.45) is 17.8 Å². The summed E-state index contributed by atoms with van der Waals surface area (Å²) in [5.74, 6) is 2.18. The van der Waals surface area contributed by atoms with E-state index in [0.29, 0.717) is 17.5 Å². The van der Waals surface area contributed by atoms with Gasteiger partial charge < -0.3 is 9.80 Å². The summed E-state index contributed by atoms with van der Waals surface area (Å²) in [5.41, 5.74) is 2.35. The first-order chi connectivity index (χ1) is 9.13. The van der Waals surface area contributed by atoms with Crippen molar-refractivity contribution < 1.29 is 4.79 Å². The maximum Gasteiger partial charge on any atom is 0.273 e. The van der Waals surface area contributed by atoms with E-state index >= 15 is 0 Å². The van der Waals surface area contributed by atoms with Crippen molar-refractivity contribution in [1.29, 1.82) is 0 Å². The number of carbonyl (C=O) groups is 1. The second-order valence-electron chi connectivity index (χ2n) is 6.22. The second-order valence-corrected chi connectivity index (χ2v) is 6.94. The van der Waals surface area contributed by atoms with E-state index in [2.05, 4.69) is 23.7 Å². The number of fused-ring (bicyclic) bond motifs is 1. The number of nitrogens with zero attached hydrogens (tertiary/aromatic N) is 3. The van der Waals surface area contributed by atoms with Crippen molar-refractivity contribution in [3.05, 3.63) is 16.6 Å². The lowest BCUT2D eigenvalue weighted by atomic mass is 10.0. The molecule has 2 atom stereocenters. The Morgan fingerprint density at radius 3 is 2.58 bits per heavy atom. The van der Waals surface area contributed by atoms with Gasteiger partial charge in [0, 0.05) is 38.1 Å². The molecule has 0 saturated carbocycles. The molecule has 0 unspecified atom stereocenters. The highest BCUT2D eigenvalue weighted by Crippen LogP contribution is 2.32. The monoisotopic (exact) mass is 279 g/mol.